The van der Waals surface area contributed by atoms with Crippen molar-refractivity contribution in [2.45, 2.75) is 33.6 Å². The van der Waals surface area contributed by atoms with Crippen LogP contribution in [0.25, 0.3) is 10.9 Å². The number of benzene rings is 3. The van der Waals surface area contributed by atoms with Crippen LogP contribution >= 0.6 is 11.6 Å². The molecule has 1 amide bonds. The molecule has 2 heterocycles. The molecule has 7 heteroatoms. The third-order valence-electron chi connectivity index (χ3n) is 6.50. The van der Waals surface area contributed by atoms with Crippen molar-refractivity contribution >= 4 is 45.7 Å². The second kappa shape index (κ2) is 9.28. The molecule has 0 fully saturated rings. The monoisotopic (exact) mass is 499 g/mol. The van der Waals surface area contributed by atoms with Gasteiger partial charge in [0.2, 0.25) is 0 Å². The Morgan fingerprint density at radius 1 is 1.00 bits per heavy atom. The lowest BCUT2D eigenvalue weighted by molar-refractivity contribution is -0.116. The van der Waals surface area contributed by atoms with Gasteiger partial charge < -0.3 is 4.74 Å². The van der Waals surface area contributed by atoms with Crippen molar-refractivity contribution in [3.63, 3.8) is 0 Å². The number of carbonyl (C=O) groups excluding carboxylic acids is 2. The van der Waals surface area contributed by atoms with Gasteiger partial charge in [-0.2, -0.15) is 5.10 Å². The van der Waals surface area contributed by atoms with E-state index in [-0.39, 0.29) is 18.2 Å². The molecule has 182 valence electrons. The summed E-state index contributed by atoms with van der Waals surface area (Å²) in [5.74, 6) is 0.485. The van der Waals surface area contributed by atoms with Crippen LogP contribution in [0, 0.1) is 20.8 Å². The maximum absolute atomic E-state index is 13.5. The number of nitrogens with zero attached hydrogens (tertiary/aromatic N) is 3. The Labute approximate surface area is 214 Å². The number of hydrogen-bond acceptors (Lipinski definition) is 4. The molecule has 0 bridgehead atoms. The number of methoxy groups -OCH3 is 1. The van der Waals surface area contributed by atoms with Crippen molar-refractivity contribution in [3.05, 3.63) is 93.6 Å². The first-order chi connectivity index (χ1) is 17.2. The Morgan fingerprint density at radius 2 is 1.69 bits per heavy atom. The number of anilines is 1. The highest BCUT2D eigenvalue weighted by Gasteiger charge is 2.28. The summed E-state index contributed by atoms with van der Waals surface area (Å²) >= 11 is 6.03. The molecule has 36 heavy (non-hydrogen) atoms. The fourth-order valence-electron chi connectivity index (χ4n) is 4.85. The summed E-state index contributed by atoms with van der Waals surface area (Å²) in [7, 11) is 1.62. The number of carbonyl (C=O) groups is 2. The van der Waals surface area contributed by atoms with Crippen molar-refractivity contribution < 1.29 is 14.3 Å². The number of halogens is 1. The molecule has 0 N–H and O–H groups in total. The third kappa shape index (κ3) is 4.29. The van der Waals surface area contributed by atoms with E-state index in [1.807, 2.05) is 51.1 Å². The van der Waals surface area contributed by atoms with E-state index >= 15 is 0 Å². The lowest BCUT2D eigenvalue weighted by Crippen LogP contribution is -2.19. The zero-order valence-electron chi connectivity index (χ0n) is 20.6. The van der Waals surface area contributed by atoms with Gasteiger partial charge in [0.1, 0.15) is 5.75 Å². The van der Waals surface area contributed by atoms with Gasteiger partial charge in [-0.05, 0) is 92.1 Å². The summed E-state index contributed by atoms with van der Waals surface area (Å²) in [6, 6.07) is 18.5. The van der Waals surface area contributed by atoms with Crippen LogP contribution in [0.2, 0.25) is 5.02 Å². The summed E-state index contributed by atoms with van der Waals surface area (Å²) in [5, 5.41) is 7.65. The average Bonchev–Trinajstić information content (AvgIpc) is 3.35. The van der Waals surface area contributed by atoms with Gasteiger partial charge in [0.25, 0.3) is 11.8 Å². The molecule has 1 aromatic heterocycles. The lowest BCUT2D eigenvalue weighted by Gasteiger charge is -2.13. The van der Waals surface area contributed by atoms with Crippen LogP contribution in [-0.2, 0) is 11.2 Å². The number of fused-ring (bicyclic) bond motifs is 1. The molecule has 0 saturated heterocycles. The number of amides is 1. The summed E-state index contributed by atoms with van der Waals surface area (Å²) in [5.41, 5.74) is 6.74. The zero-order chi connectivity index (χ0) is 25.6. The standard InChI is InChI=1S/C29H26ClN3O3/c1-17-11-18(2)13-23(12-17)33-28(34)15-22(31-33)14-25-19(3)32(27-10-9-24(36-4)16-26(25)27)29(35)20-5-7-21(30)8-6-20/h5-13,16H,14-15H2,1-4H3. The minimum Gasteiger partial charge on any atom is -0.497 e. The maximum Gasteiger partial charge on any atom is 0.262 e. The third-order valence-corrected chi connectivity index (χ3v) is 6.75. The summed E-state index contributed by atoms with van der Waals surface area (Å²) < 4.78 is 7.18. The second-order valence-electron chi connectivity index (χ2n) is 9.17. The molecule has 5 rings (SSSR count). The topological polar surface area (TPSA) is 63.9 Å². The number of rotatable bonds is 5. The molecule has 0 spiro atoms. The Morgan fingerprint density at radius 3 is 2.36 bits per heavy atom. The molecule has 6 nitrogen and oxygen atoms in total. The fourth-order valence-corrected chi connectivity index (χ4v) is 4.98. The predicted molar refractivity (Wildman–Crippen MR) is 144 cm³/mol. The summed E-state index contributed by atoms with van der Waals surface area (Å²) in [4.78, 5) is 26.4. The van der Waals surface area contributed by atoms with Crippen LogP contribution in [-0.4, -0.2) is 29.2 Å². The van der Waals surface area contributed by atoms with Crippen LogP contribution in [0.3, 0.4) is 0 Å². The molecule has 0 unspecified atom stereocenters. The first kappa shape index (κ1) is 23.8. The largest absolute Gasteiger partial charge is 0.497 e. The number of aromatic nitrogens is 1. The molecule has 1 aliphatic heterocycles. The SMILES string of the molecule is COc1ccc2c(c1)c(CC1=NN(c3cc(C)cc(C)c3)C(=O)C1)c(C)n2C(=O)c1ccc(Cl)cc1. The highest BCUT2D eigenvalue weighted by atomic mass is 35.5. The first-order valence-corrected chi connectivity index (χ1v) is 12.1. The molecule has 1 aliphatic rings. The number of hydrazone groups is 1. The number of aryl methyl sites for hydroxylation is 2. The second-order valence-corrected chi connectivity index (χ2v) is 9.60. The van der Waals surface area contributed by atoms with Crippen molar-refractivity contribution in [1.29, 1.82) is 0 Å². The van der Waals surface area contributed by atoms with E-state index in [0.717, 1.165) is 44.7 Å². The molecule has 0 aliphatic carbocycles. The van der Waals surface area contributed by atoms with Gasteiger partial charge in [0.15, 0.2) is 0 Å². The van der Waals surface area contributed by atoms with Crippen molar-refractivity contribution in [1.82, 2.24) is 4.57 Å². The number of ether oxygens (including phenoxy) is 1. The summed E-state index contributed by atoms with van der Waals surface area (Å²) in [6.07, 6.45) is 0.678. The lowest BCUT2D eigenvalue weighted by atomic mass is 10.0. The minimum absolute atomic E-state index is 0.0637. The van der Waals surface area contributed by atoms with E-state index in [1.54, 1.807) is 35.9 Å². The van der Waals surface area contributed by atoms with E-state index in [2.05, 4.69) is 11.2 Å². The molecule has 0 saturated carbocycles. The zero-order valence-corrected chi connectivity index (χ0v) is 21.4. The van der Waals surface area contributed by atoms with Crippen molar-refractivity contribution in [2.24, 2.45) is 5.10 Å². The highest BCUT2D eigenvalue weighted by molar-refractivity contribution is 6.30. The number of hydrogen-bond donors (Lipinski definition) is 0. The van der Waals surface area contributed by atoms with Crippen LogP contribution in [0.15, 0.2) is 65.8 Å². The molecule has 0 radical (unpaired) electrons. The van der Waals surface area contributed by atoms with E-state index in [9.17, 15) is 9.59 Å². The average molecular weight is 500 g/mol. The molecule has 3 aromatic carbocycles. The summed E-state index contributed by atoms with van der Waals surface area (Å²) in [6.45, 7) is 5.94. The Bertz CT molecular complexity index is 1530. The van der Waals surface area contributed by atoms with Crippen LogP contribution in [0.5, 0.6) is 5.75 Å². The minimum atomic E-state index is -0.146. The Hall–Kier alpha value is -3.90. The van der Waals surface area contributed by atoms with Gasteiger partial charge in [-0.1, -0.05) is 17.7 Å². The van der Waals surface area contributed by atoms with Crippen LogP contribution in [0.4, 0.5) is 5.69 Å². The van der Waals surface area contributed by atoms with Gasteiger partial charge in [-0.25, -0.2) is 5.01 Å². The van der Waals surface area contributed by atoms with Gasteiger partial charge in [0.05, 0.1) is 30.4 Å². The first-order valence-electron chi connectivity index (χ1n) is 11.7. The van der Waals surface area contributed by atoms with Crippen LogP contribution < -0.4 is 9.75 Å². The van der Waals surface area contributed by atoms with Gasteiger partial charge in [-0.15, -0.1) is 0 Å². The van der Waals surface area contributed by atoms with Crippen molar-refractivity contribution in [3.8, 4) is 5.75 Å². The molecule has 0 atom stereocenters. The normalized spacial score (nSPS) is 13.4. The molecular weight excluding hydrogens is 474 g/mol. The Kier molecular flexibility index (Phi) is 6.14. The predicted octanol–water partition coefficient (Wildman–Crippen LogP) is 6.25. The van der Waals surface area contributed by atoms with Crippen LogP contribution in [0.1, 0.15) is 39.2 Å². The quantitative estimate of drug-likeness (QED) is 0.326. The Balaban J connectivity index is 1.58. The fraction of sp³-hybridized carbons (Fsp3) is 0.207. The molecule has 4 aromatic rings. The smallest absolute Gasteiger partial charge is 0.262 e. The van der Waals surface area contributed by atoms with E-state index < -0.39 is 0 Å². The highest BCUT2D eigenvalue weighted by Crippen LogP contribution is 2.32. The van der Waals surface area contributed by atoms with E-state index in [0.29, 0.717) is 22.8 Å². The maximum atomic E-state index is 13.5. The van der Waals surface area contributed by atoms with E-state index in [1.165, 1.54) is 5.01 Å². The van der Waals surface area contributed by atoms with Gasteiger partial charge >= 0.3 is 0 Å². The van der Waals surface area contributed by atoms with Crippen molar-refractivity contribution in [2.75, 3.05) is 12.1 Å². The van der Waals surface area contributed by atoms with Gasteiger partial charge in [-0.3, -0.25) is 14.2 Å². The van der Waals surface area contributed by atoms with E-state index in [4.69, 9.17) is 16.3 Å². The molecular formula is C29H26ClN3O3. The van der Waals surface area contributed by atoms with Gasteiger partial charge in [0, 0.05) is 28.1 Å².